The van der Waals surface area contributed by atoms with Crippen molar-refractivity contribution in [3.63, 3.8) is 0 Å². The van der Waals surface area contributed by atoms with Gasteiger partial charge in [0.15, 0.2) is 6.29 Å². The molecule has 2 rings (SSSR count). The highest BCUT2D eigenvalue weighted by molar-refractivity contribution is 5.16. The van der Waals surface area contributed by atoms with E-state index in [0.29, 0.717) is 13.2 Å². The van der Waals surface area contributed by atoms with Crippen LogP contribution in [0.5, 0.6) is 0 Å². The van der Waals surface area contributed by atoms with Crippen molar-refractivity contribution >= 4 is 0 Å². The standard InChI is InChI=1S/C19H30O4/c1-18(2,3)20-12-15-16(13-21-19(4,5)6)23-17(22-15)14-10-8-7-9-11-14/h7-11,15-17H,12-13H2,1-6H3/t15-,16-/m0/s1. The molecule has 1 aromatic carbocycles. The molecule has 0 spiro atoms. The van der Waals surface area contributed by atoms with Crippen molar-refractivity contribution in [2.75, 3.05) is 13.2 Å². The lowest BCUT2D eigenvalue weighted by Gasteiger charge is -2.26. The number of rotatable bonds is 5. The van der Waals surface area contributed by atoms with Crippen LogP contribution in [0.1, 0.15) is 53.4 Å². The highest BCUT2D eigenvalue weighted by atomic mass is 16.7. The maximum atomic E-state index is 6.09. The molecule has 0 unspecified atom stereocenters. The third-order valence-corrected chi connectivity index (χ3v) is 3.44. The minimum Gasteiger partial charge on any atom is -0.373 e. The molecule has 0 saturated carbocycles. The predicted molar refractivity (Wildman–Crippen MR) is 90.3 cm³/mol. The number of benzene rings is 1. The summed E-state index contributed by atoms with van der Waals surface area (Å²) in [6.07, 6.45) is -0.637. The first kappa shape index (κ1) is 18.4. The normalized spacial score (nSPS) is 23.4. The van der Waals surface area contributed by atoms with Gasteiger partial charge in [-0.05, 0) is 41.5 Å². The summed E-state index contributed by atoms with van der Waals surface area (Å²) >= 11 is 0. The summed E-state index contributed by atoms with van der Waals surface area (Å²) < 4.78 is 24.0. The Bertz CT molecular complexity index is 446. The third kappa shape index (κ3) is 6.22. The van der Waals surface area contributed by atoms with Gasteiger partial charge in [-0.2, -0.15) is 0 Å². The molecule has 0 radical (unpaired) electrons. The van der Waals surface area contributed by atoms with E-state index in [0.717, 1.165) is 5.56 Å². The fourth-order valence-corrected chi connectivity index (χ4v) is 2.25. The highest BCUT2D eigenvalue weighted by Gasteiger charge is 2.38. The lowest BCUT2D eigenvalue weighted by atomic mass is 10.1. The van der Waals surface area contributed by atoms with Gasteiger partial charge in [0, 0.05) is 5.56 Å². The minimum atomic E-state index is -0.363. The van der Waals surface area contributed by atoms with Crippen LogP contribution in [0.25, 0.3) is 0 Å². The zero-order valence-corrected chi connectivity index (χ0v) is 15.2. The molecule has 1 aromatic rings. The lowest BCUT2D eigenvalue weighted by molar-refractivity contribution is -0.0974. The monoisotopic (exact) mass is 322 g/mol. The topological polar surface area (TPSA) is 36.9 Å². The Labute approximate surface area is 140 Å². The van der Waals surface area contributed by atoms with Crippen LogP contribution in [0.4, 0.5) is 0 Å². The van der Waals surface area contributed by atoms with E-state index in [4.69, 9.17) is 18.9 Å². The van der Waals surface area contributed by atoms with Gasteiger partial charge in [0.25, 0.3) is 0 Å². The Kier molecular flexibility index (Phi) is 5.84. The second-order valence-electron chi connectivity index (χ2n) is 7.94. The smallest absolute Gasteiger partial charge is 0.184 e. The molecular formula is C19H30O4. The van der Waals surface area contributed by atoms with Crippen molar-refractivity contribution in [3.8, 4) is 0 Å². The van der Waals surface area contributed by atoms with Crippen molar-refractivity contribution in [1.82, 2.24) is 0 Å². The molecule has 0 N–H and O–H groups in total. The van der Waals surface area contributed by atoms with Gasteiger partial charge in [-0.3, -0.25) is 0 Å². The Balaban J connectivity index is 2.02. The fourth-order valence-electron chi connectivity index (χ4n) is 2.25. The molecule has 2 atom stereocenters. The van der Waals surface area contributed by atoms with E-state index in [1.54, 1.807) is 0 Å². The summed E-state index contributed by atoms with van der Waals surface area (Å²) in [5.74, 6) is 0. The average Bonchev–Trinajstić information content (AvgIpc) is 2.86. The van der Waals surface area contributed by atoms with Gasteiger partial charge in [-0.25, -0.2) is 0 Å². The van der Waals surface area contributed by atoms with Gasteiger partial charge in [-0.1, -0.05) is 30.3 Å². The van der Waals surface area contributed by atoms with E-state index in [2.05, 4.69) is 0 Å². The summed E-state index contributed by atoms with van der Waals surface area (Å²) in [4.78, 5) is 0. The average molecular weight is 322 g/mol. The number of hydrogen-bond donors (Lipinski definition) is 0. The molecule has 0 amide bonds. The zero-order chi connectivity index (χ0) is 17.1. The highest BCUT2D eigenvalue weighted by Crippen LogP contribution is 2.32. The molecule has 1 fully saturated rings. The van der Waals surface area contributed by atoms with Gasteiger partial charge in [0.1, 0.15) is 12.2 Å². The Morgan fingerprint density at radius 1 is 0.783 bits per heavy atom. The first-order chi connectivity index (χ1) is 10.6. The predicted octanol–water partition coefficient (Wildman–Crippen LogP) is 4.10. The second kappa shape index (κ2) is 7.31. The molecule has 4 heteroatoms. The van der Waals surface area contributed by atoms with Gasteiger partial charge in [-0.15, -0.1) is 0 Å². The number of ether oxygens (including phenoxy) is 4. The maximum Gasteiger partial charge on any atom is 0.184 e. The van der Waals surface area contributed by atoms with Gasteiger partial charge in [0.05, 0.1) is 24.4 Å². The van der Waals surface area contributed by atoms with E-state index >= 15 is 0 Å². The van der Waals surface area contributed by atoms with E-state index in [-0.39, 0.29) is 29.7 Å². The summed E-state index contributed by atoms with van der Waals surface area (Å²) in [5.41, 5.74) is 0.610. The van der Waals surface area contributed by atoms with Crippen LogP contribution in [-0.4, -0.2) is 36.6 Å². The van der Waals surface area contributed by atoms with E-state index < -0.39 is 0 Å². The third-order valence-electron chi connectivity index (χ3n) is 3.44. The minimum absolute atomic E-state index is 0.137. The lowest BCUT2D eigenvalue weighted by Crippen LogP contribution is -2.37. The van der Waals surface area contributed by atoms with Crippen LogP contribution in [0.3, 0.4) is 0 Å². The SMILES string of the molecule is CC(C)(C)OC[C@@H]1OC(c2ccccc2)O[C@H]1COC(C)(C)C. The molecule has 1 heterocycles. The molecule has 1 saturated heterocycles. The fraction of sp³-hybridized carbons (Fsp3) is 0.684. The summed E-state index contributed by atoms with van der Waals surface area (Å²) in [5, 5.41) is 0. The van der Waals surface area contributed by atoms with Crippen LogP contribution in [0.2, 0.25) is 0 Å². The molecule has 4 nitrogen and oxygen atoms in total. The van der Waals surface area contributed by atoms with Crippen molar-refractivity contribution in [2.45, 2.75) is 71.2 Å². The Morgan fingerprint density at radius 2 is 1.22 bits per heavy atom. The molecule has 0 bridgehead atoms. The van der Waals surface area contributed by atoms with Crippen LogP contribution in [-0.2, 0) is 18.9 Å². The van der Waals surface area contributed by atoms with Gasteiger partial charge in [0.2, 0.25) is 0 Å². The summed E-state index contributed by atoms with van der Waals surface area (Å²) in [7, 11) is 0. The van der Waals surface area contributed by atoms with Crippen molar-refractivity contribution in [1.29, 1.82) is 0 Å². The van der Waals surface area contributed by atoms with Crippen molar-refractivity contribution in [2.24, 2.45) is 0 Å². The van der Waals surface area contributed by atoms with E-state index in [9.17, 15) is 0 Å². The molecule has 0 aliphatic carbocycles. The summed E-state index contributed by atoms with van der Waals surface area (Å²) in [6, 6.07) is 9.99. The zero-order valence-electron chi connectivity index (χ0n) is 15.2. The first-order valence-electron chi connectivity index (χ1n) is 8.28. The molecule has 1 aliphatic heterocycles. The van der Waals surface area contributed by atoms with Gasteiger partial charge < -0.3 is 18.9 Å². The maximum absolute atomic E-state index is 6.09. The summed E-state index contributed by atoms with van der Waals surface area (Å²) in [6.45, 7) is 13.2. The van der Waals surface area contributed by atoms with Crippen LogP contribution in [0, 0.1) is 0 Å². The van der Waals surface area contributed by atoms with Crippen LogP contribution < -0.4 is 0 Å². The number of hydrogen-bond acceptors (Lipinski definition) is 4. The Hall–Kier alpha value is -0.940. The van der Waals surface area contributed by atoms with Crippen LogP contribution >= 0.6 is 0 Å². The quantitative estimate of drug-likeness (QED) is 0.818. The first-order valence-corrected chi connectivity index (χ1v) is 8.28. The van der Waals surface area contributed by atoms with E-state index in [1.807, 2.05) is 71.9 Å². The van der Waals surface area contributed by atoms with Crippen LogP contribution in [0.15, 0.2) is 30.3 Å². The van der Waals surface area contributed by atoms with E-state index in [1.165, 1.54) is 0 Å². The largest absolute Gasteiger partial charge is 0.373 e. The Morgan fingerprint density at radius 3 is 1.61 bits per heavy atom. The molecule has 1 aliphatic rings. The molecule has 23 heavy (non-hydrogen) atoms. The van der Waals surface area contributed by atoms with Crippen molar-refractivity contribution < 1.29 is 18.9 Å². The second-order valence-corrected chi connectivity index (χ2v) is 7.94. The van der Waals surface area contributed by atoms with Crippen molar-refractivity contribution in [3.05, 3.63) is 35.9 Å². The molecular weight excluding hydrogens is 292 g/mol. The molecule has 130 valence electrons. The molecule has 0 aromatic heterocycles. The van der Waals surface area contributed by atoms with Gasteiger partial charge >= 0.3 is 0 Å².